The molecule has 0 heterocycles. The molecule has 2 atom stereocenters. The number of hydrogen-bond acceptors (Lipinski definition) is 4. The summed E-state index contributed by atoms with van der Waals surface area (Å²) in [6.07, 6.45) is 3.78. The minimum absolute atomic E-state index is 0.0397. The van der Waals surface area contributed by atoms with Crippen LogP contribution in [0.3, 0.4) is 0 Å². The summed E-state index contributed by atoms with van der Waals surface area (Å²) in [5, 5.41) is 11.9. The van der Waals surface area contributed by atoms with Crippen LogP contribution in [0.4, 0.5) is 0 Å². The molecule has 0 radical (unpaired) electrons. The topological polar surface area (TPSA) is 92.7 Å². The van der Waals surface area contributed by atoms with E-state index in [9.17, 15) is 14.4 Å². The molecule has 2 N–H and O–H groups in total. The molecule has 6 nitrogen and oxygen atoms in total. The fourth-order valence-corrected chi connectivity index (χ4v) is 2.27. The predicted molar refractivity (Wildman–Crippen MR) is 110 cm³/mol. The summed E-state index contributed by atoms with van der Waals surface area (Å²) in [5.41, 5.74) is -0.106. The molecule has 0 spiro atoms. The van der Waals surface area contributed by atoms with E-state index in [0.717, 1.165) is 0 Å². The van der Waals surface area contributed by atoms with E-state index in [1.807, 2.05) is 13.8 Å². The van der Waals surface area contributed by atoms with Crippen LogP contribution in [0, 0.1) is 11.8 Å². The Morgan fingerprint density at radius 1 is 1.18 bits per heavy atom. The molecular formula is C22H33NO5. The summed E-state index contributed by atoms with van der Waals surface area (Å²) in [6.45, 7) is 13.4. The van der Waals surface area contributed by atoms with Gasteiger partial charge >= 0.3 is 11.9 Å². The first kappa shape index (κ1) is 25.4. The summed E-state index contributed by atoms with van der Waals surface area (Å²) >= 11 is 0. The zero-order valence-corrected chi connectivity index (χ0v) is 17.5. The van der Waals surface area contributed by atoms with Gasteiger partial charge in [-0.05, 0) is 30.9 Å². The number of aromatic carboxylic acids is 1. The zero-order valence-electron chi connectivity index (χ0n) is 17.5. The first-order chi connectivity index (χ1) is 13.2. The fourth-order valence-electron chi connectivity index (χ4n) is 2.27. The number of hydrogen-bond donors (Lipinski definition) is 2. The quantitative estimate of drug-likeness (QED) is 0.368. The average molecular weight is 392 g/mol. The van der Waals surface area contributed by atoms with Gasteiger partial charge < -0.3 is 15.2 Å². The van der Waals surface area contributed by atoms with E-state index in [1.54, 1.807) is 25.1 Å². The van der Waals surface area contributed by atoms with Crippen molar-refractivity contribution in [2.75, 3.05) is 0 Å². The Bertz CT molecular complexity index is 654. The summed E-state index contributed by atoms with van der Waals surface area (Å²) < 4.78 is 5.26. The molecule has 6 heteroatoms. The van der Waals surface area contributed by atoms with Gasteiger partial charge in [-0.15, -0.1) is 6.58 Å². The lowest BCUT2D eigenvalue weighted by Gasteiger charge is -2.21. The highest BCUT2D eigenvalue weighted by molar-refractivity contribution is 5.93. The first-order valence-electron chi connectivity index (χ1n) is 9.63. The first-order valence-corrected chi connectivity index (χ1v) is 9.63. The maximum atomic E-state index is 12.5. The Kier molecular flexibility index (Phi) is 12.3. The Morgan fingerprint density at radius 3 is 2.25 bits per heavy atom. The van der Waals surface area contributed by atoms with Gasteiger partial charge in [0.25, 0.3) is 0 Å². The number of carboxylic acid groups (broad SMARTS) is 1. The smallest absolute Gasteiger partial charge is 0.339 e. The number of esters is 1. The molecule has 2 unspecified atom stereocenters. The number of rotatable bonds is 9. The molecular weight excluding hydrogens is 358 g/mol. The van der Waals surface area contributed by atoms with Crippen LogP contribution in [0.25, 0.3) is 0 Å². The van der Waals surface area contributed by atoms with Crippen molar-refractivity contribution in [1.29, 1.82) is 0 Å². The zero-order chi connectivity index (χ0) is 21.7. The lowest BCUT2D eigenvalue weighted by atomic mass is 10.0. The standard InChI is InChI=1S/C19H25NO5.C3H8/c1-5-8-13(4)17(21)20-15(11-12(2)3)19(24)25-16-10-7-6-9-14(16)18(22)23;1-3-2/h5-7,9-10,12-13,15H,1,8,11H2,2-4H3,(H,20,21)(H,22,23);3H2,1-2H3. The van der Waals surface area contributed by atoms with Crippen LogP contribution in [0.15, 0.2) is 36.9 Å². The van der Waals surface area contributed by atoms with E-state index < -0.39 is 18.0 Å². The van der Waals surface area contributed by atoms with Gasteiger partial charge in [0.05, 0.1) is 0 Å². The maximum Gasteiger partial charge on any atom is 0.339 e. The molecule has 0 aromatic heterocycles. The molecule has 0 saturated carbocycles. The highest BCUT2D eigenvalue weighted by Crippen LogP contribution is 2.19. The number of allylic oxidation sites excluding steroid dienone is 1. The highest BCUT2D eigenvalue weighted by Gasteiger charge is 2.26. The van der Waals surface area contributed by atoms with Crippen LogP contribution in [0.2, 0.25) is 0 Å². The molecule has 0 fully saturated rings. The molecule has 1 aromatic carbocycles. The molecule has 1 rings (SSSR count). The lowest BCUT2D eigenvalue weighted by Crippen LogP contribution is -2.45. The van der Waals surface area contributed by atoms with Crippen molar-refractivity contribution in [2.24, 2.45) is 11.8 Å². The Balaban J connectivity index is 0.00000227. The summed E-state index contributed by atoms with van der Waals surface area (Å²) in [6, 6.07) is 5.05. The summed E-state index contributed by atoms with van der Waals surface area (Å²) in [5.74, 6) is -2.35. The largest absolute Gasteiger partial charge is 0.478 e. The van der Waals surface area contributed by atoms with Crippen molar-refractivity contribution in [3.63, 3.8) is 0 Å². The lowest BCUT2D eigenvalue weighted by molar-refractivity contribution is -0.140. The number of ether oxygens (including phenoxy) is 1. The van der Waals surface area contributed by atoms with Crippen LogP contribution in [0.1, 0.15) is 64.2 Å². The van der Waals surface area contributed by atoms with Crippen molar-refractivity contribution in [2.45, 2.75) is 59.9 Å². The third-order valence-corrected chi connectivity index (χ3v) is 3.60. The number of carbonyl (C=O) groups excluding carboxylic acids is 2. The summed E-state index contributed by atoms with van der Waals surface area (Å²) in [7, 11) is 0. The number of amides is 1. The second kappa shape index (κ2) is 13.5. The normalized spacial score (nSPS) is 12.2. The number of carbonyl (C=O) groups is 3. The van der Waals surface area contributed by atoms with E-state index in [2.05, 4.69) is 25.7 Å². The molecule has 0 aliphatic carbocycles. The minimum atomic E-state index is -1.19. The Hall–Kier alpha value is -2.63. The van der Waals surface area contributed by atoms with Crippen LogP contribution in [-0.4, -0.2) is 29.0 Å². The molecule has 0 aliphatic heterocycles. The third-order valence-electron chi connectivity index (χ3n) is 3.60. The molecule has 1 amide bonds. The molecule has 156 valence electrons. The van der Waals surface area contributed by atoms with Gasteiger partial charge in [0.2, 0.25) is 5.91 Å². The van der Waals surface area contributed by atoms with E-state index in [1.165, 1.54) is 18.6 Å². The summed E-state index contributed by atoms with van der Waals surface area (Å²) in [4.78, 5) is 35.9. The second-order valence-electron chi connectivity index (χ2n) is 7.05. The minimum Gasteiger partial charge on any atom is -0.478 e. The second-order valence-corrected chi connectivity index (χ2v) is 7.05. The van der Waals surface area contributed by atoms with Crippen LogP contribution in [-0.2, 0) is 9.59 Å². The molecule has 0 bridgehead atoms. The number of nitrogens with one attached hydrogen (secondary N) is 1. The van der Waals surface area contributed by atoms with E-state index in [-0.39, 0.29) is 29.1 Å². The maximum absolute atomic E-state index is 12.5. The van der Waals surface area contributed by atoms with Crippen molar-refractivity contribution < 1.29 is 24.2 Å². The molecule has 28 heavy (non-hydrogen) atoms. The van der Waals surface area contributed by atoms with Gasteiger partial charge in [0, 0.05) is 5.92 Å². The van der Waals surface area contributed by atoms with Crippen LogP contribution in [0.5, 0.6) is 5.75 Å². The number of para-hydroxylation sites is 1. The number of carboxylic acids is 1. The van der Waals surface area contributed by atoms with Crippen molar-refractivity contribution >= 4 is 17.8 Å². The predicted octanol–water partition coefficient (Wildman–Crippen LogP) is 4.45. The van der Waals surface area contributed by atoms with Gasteiger partial charge in [-0.2, -0.15) is 0 Å². The van der Waals surface area contributed by atoms with Gasteiger partial charge in [-0.3, -0.25) is 4.79 Å². The highest BCUT2D eigenvalue weighted by atomic mass is 16.5. The SMILES string of the molecule is C=CCC(C)C(=O)NC(CC(C)C)C(=O)Oc1ccccc1C(=O)O.CCC. The van der Waals surface area contributed by atoms with Crippen molar-refractivity contribution in [3.05, 3.63) is 42.5 Å². The van der Waals surface area contributed by atoms with Gasteiger partial charge in [-0.25, -0.2) is 9.59 Å². The van der Waals surface area contributed by atoms with Crippen molar-refractivity contribution in [3.8, 4) is 5.75 Å². The third kappa shape index (κ3) is 9.35. The monoisotopic (exact) mass is 391 g/mol. The molecule has 0 saturated heterocycles. The molecule has 1 aromatic rings. The van der Waals surface area contributed by atoms with Crippen molar-refractivity contribution in [1.82, 2.24) is 5.32 Å². The van der Waals surface area contributed by atoms with E-state index in [4.69, 9.17) is 9.84 Å². The Labute approximate surface area is 168 Å². The average Bonchev–Trinajstić information content (AvgIpc) is 2.61. The fraction of sp³-hybridized carbons (Fsp3) is 0.500. The van der Waals surface area contributed by atoms with Crippen LogP contribution < -0.4 is 10.1 Å². The number of benzene rings is 1. The Morgan fingerprint density at radius 2 is 1.75 bits per heavy atom. The molecule has 0 aliphatic rings. The van der Waals surface area contributed by atoms with Gasteiger partial charge in [-0.1, -0.05) is 59.2 Å². The van der Waals surface area contributed by atoms with E-state index in [0.29, 0.717) is 12.8 Å². The van der Waals surface area contributed by atoms with Gasteiger partial charge in [0.1, 0.15) is 17.4 Å². The van der Waals surface area contributed by atoms with Crippen LogP contribution >= 0.6 is 0 Å². The van der Waals surface area contributed by atoms with Gasteiger partial charge in [0.15, 0.2) is 0 Å². The van der Waals surface area contributed by atoms with E-state index >= 15 is 0 Å².